The van der Waals surface area contributed by atoms with Crippen molar-refractivity contribution in [2.75, 3.05) is 0 Å². The topological polar surface area (TPSA) is 43.6 Å². The summed E-state index contributed by atoms with van der Waals surface area (Å²) in [6, 6.07) is 0.618. The number of rotatable bonds is 1. The molecule has 0 N–H and O–H groups in total. The van der Waals surface area contributed by atoms with Gasteiger partial charge in [0.15, 0.2) is 5.65 Å². The van der Waals surface area contributed by atoms with E-state index < -0.39 is 0 Å². The van der Waals surface area contributed by atoms with Crippen LogP contribution in [0.1, 0.15) is 45.3 Å². The molecule has 1 aliphatic carbocycles. The third-order valence-corrected chi connectivity index (χ3v) is 3.01. The second-order valence-corrected chi connectivity index (χ2v) is 5.53. The summed E-state index contributed by atoms with van der Waals surface area (Å²) >= 11 is 0. The molecule has 0 amide bonds. The molecular weight excluding hydrogens is 200 g/mol. The number of hydrogen-bond donors (Lipinski definition) is 0. The first-order valence-corrected chi connectivity index (χ1v) is 5.75. The molecule has 0 saturated heterocycles. The highest BCUT2D eigenvalue weighted by atomic mass is 15.2. The molecule has 1 saturated carbocycles. The molecule has 0 atom stereocenters. The van der Waals surface area contributed by atoms with E-state index in [1.54, 1.807) is 6.33 Å². The van der Waals surface area contributed by atoms with E-state index in [1.807, 2.05) is 6.33 Å². The van der Waals surface area contributed by atoms with Crippen molar-refractivity contribution in [1.29, 1.82) is 0 Å². The maximum atomic E-state index is 4.48. The van der Waals surface area contributed by atoms with Crippen LogP contribution < -0.4 is 0 Å². The van der Waals surface area contributed by atoms with E-state index in [4.69, 9.17) is 0 Å². The Balaban J connectivity index is 2.24. The largest absolute Gasteiger partial charge is 0.312 e. The quantitative estimate of drug-likeness (QED) is 0.735. The van der Waals surface area contributed by atoms with E-state index in [1.165, 1.54) is 12.8 Å². The van der Waals surface area contributed by atoms with Crippen LogP contribution in [0, 0.1) is 0 Å². The van der Waals surface area contributed by atoms with Gasteiger partial charge in [0.1, 0.15) is 11.8 Å². The van der Waals surface area contributed by atoms with Gasteiger partial charge in [0.25, 0.3) is 0 Å². The van der Waals surface area contributed by atoms with Gasteiger partial charge in [0.05, 0.1) is 12.0 Å². The number of imidazole rings is 1. The molecule has 1 fully saturated rings. The van der Waals surface area contributed by atoms with Gasteiger partial charge in [-0.05, 0) is 12.8 Å². The predicted octanol–water partition coefficient (Wildman–Crippen LogP) is 2.46. The van der Waals surface area contributed by atoms with Gasteiger partial charge < -0.3 is 4.57 Å². The summed E-state index contributed by atoms with van der Waals surface area (Å²) in [6.45, 7) is 6.47. The second kappa shape index (κ2) is 3.03. The van der Waals surface area contributed by atoms with Gasteiger partial charge in [0.2, 0.25) is 0 Å². The minimum atomic E-state index is 0.0178. The Morgan fingerprint density at radius 1 is 1.19 bits per heavy atom. The molecule has 0 aromatic carbocycles. The summed E-state index contributed by atoms with van der Waals surface area (Å²) in [7, 11) is 0. The molecule has 2 aromatic rings. The highest BCUT2D eigenvalue weighted by Gasteiger charge is 2.28. The summed E-state index contributed by atoms with van der Waals surface area (Å²) in [5, 5.41) is 0. The SMILES string of the molecule is CC(C)(C)c1ncnc2c1ncn2C1CC1. The zero-order valence-electron chi connectivity index (χ0n) is 9.94. The molecule has 0 unspecified atom stereocenters. The molecule has 0 aliphatic heterocycles. The van der Waals surface area contributed by atoms with E-state index >= 15 is 0 Å². The molecule has 0 spiro atoms. The molecule has 1 aliphatic rings. The fourth-order valence-corrected chi connectivity index (χ4v) is 2.02. The summed E-state index contributed by atoms with van der Waals surface area (Å²) in [5.41, 5.74) is 3.01. The van der Waals surface area contributed by atoms with Crippen molar-refractivity contribution < 1.29 is 0 Å². The molecule has 4 heteroatoms. The summed E-state index contributed by atoms with van der Waals surface area (Å²) in [6.07, 6.45) is 6.07. The first kappa shape index (κ1) is 9.75. The standard InChI is InChI=1S/C12H16N4/c1-12(2,3)10-9-11(14-6-13-10)16(7-15-9)8-4-5-8/h6-8H,4-5H2,1-3H3. The minimum Gasteiger partial charge on any atom is -0.312 e. The summed E-state index contributed by atoms with van der Waals surface area (Å²) in [5.74, 6) is 0. The van der Waals surface area contributed by atoms with Gasteiger partial charge >= 0.3 is 0 Å². The van der Waals surface area contributed by atoms with Crippen molar-refractivity contribution >= 4 is 11.2 Å². The molecule has 84 valence electrons. The Hall–Kier alpha value is -1.45. The van der Waals surface area contributed by atoms with E-state index in [0.29, 0.717) is 6.04 Å². The van der Waals surface area contributed by atoms with Crippen molar-refractivity contribution in [3.63, 3.8) is 0 Å². The average molecular weight is 216 g/mol. The van der Waals surface area contributed by atoms with Crippen LogP contribution in [0.15, 0.2) is 12.7 Å². The van der Waals surface area contributed by atoms with E-state index in [2.05, 4.69) is 40.3 Å². The third kappa shape index (κ3) is 1.40. The number of nitrogens with zero attached hydrogens (tertiary/aromatic N) is 4. The van der Waals surface area contributed by atoms with Crippen LogP contribution in [-0.2, 0) is 5.41 Å². The summed E-state index contributed by atoms with van der Waals surface area (Å²) < 4.78 is 2.19. The van der Waals surface area contributed by atoms with Crippen molar-refractivity contribution in [2.24, 2.45) is 0 Å². The monoisotopic (exact) mass is 216 g/mol. The first-order chi connectivity index (χ1) is 7.57. The number of aromatic nitrogens is 4. The minimum absolute atomic E-state index is 0.0178. The Bertz CT molecular complexity index is 531. The normalized spacial score (nSPS) is 16.9. The lowest BCUT2D eigenvalue weighted by Crippen LogP contribution is -2.14. The first-order valence-electron chi connectivity index (χ1n) is 5.75. The van der Waals surface area contributed by atoms with Crippen LogP contribution in [0.3, 0.4) is 0 Å². The molecule has 4 nitrogen and oxygen atoms in total. The Labute approximate surface area is 94.7 Å². The van der Waals surface area contributed by atoms with Gasteiger partial charge in [0, 0.05) is 11.5 Å². The van der Waals surface area contributed by atoms with Crippen LogP contribution in [-0.4, -0.2) is 19.5 Å². The maximum absolute atomic E-state index is 4.48. The average Bonchev–Trinajstić information content (AvgIpc) is 2.96. The number of hydrogen-bond acceptors (Lipinski definition) is 3. The highest BCUT2D eigenvalue weighted by Crippen LogP contribution is 2.37. The summed E-state index contributed by atoms with van der Waals surface area (Å²) in [4.78, 5) is 13.2. The predicted molar refractivity (Wildman–Crippen MR) is 62.3 cm³/mol. The van der Waals surface area contributed by atoms with E-state index in [0.717, 1.165) is 16.9 Å². The lowest BCUT2D eigenvalue weighted by molar-refractivity contribution is 0.572. The molecule has 0 radical (unpaired) electrons. The molecular formula is C12H16N4. The van der Waals surface area contributed by atoms with E-state index in [-0.39, 0.29) is 5.41 Å². The fraction of sp³-hybridized carbons (Fsp3) is 0.583. The second-order valence-electron chi connectivity index (χ2n) is 5.53. The highest BCUT2D eigenvalue weighted by molar-refractivity contribution is 5.74. The van der Waals surface area contributed by atoms with Crippen LogP contribution in [0.25, 0.3) is 11.2 Å². The van der Waals surface area contributed by atoms with Crippen LogP contribution in [0.5, 0.6) is 0 Å². The molecule has 3 rings (SSSR count). The lowest BCUT2D eigenvalue weighted by Gasteiger charge is -2.17. The van der Waals surface area contributed by atoms with Gasteiger partial charge in [-0.25, -0.2) is 15.0 Å². The van der Waals surface area contributed by atoms with Gasteiger partial charge in [-0.1, -0.05) is 20.8 Å². The zero-order chi connectivity index (χ0) is 11.3. The number of fused-ring (bicyclic) bond motifs is 1. The molecule has 2 aromatic heterocycles. The molecule has 2 heterocycles. The van der Waals surface area contributed by atoms with Crippen molar-refractivity contribution in [3.8, 4) is 0 Å². The van der Waals surface area contributed by atoms with Gasteiger partial charge in [-0.3, -0.25) is 0 Å². The molecule has 0 bridgehead atoms. The van der Waals surface area contributed by atoms with Gasteiger partial charge in [-0.2, -0.15) is 0 Å². The Morgan fingerprint density at radius 3 is 2.56 bits per heavy atom. The third-order valence-electron chi connectivity index (χ3n) is 3.01. The van der Waals surface area contributed by atoms with Crippen molar-refractivity contribution in [2.45, 2.75) is 45.1 Å². The fourth-order valence-electron chi connectivity index (χ4n) is 2.02. The van der Waals surface area contributed by atoms with Crippen LogP contribution in [0.2, 0.25) is 0 Å². The van der Waals surface area contributed by atoms with Crippen molar-refractivity contribution in [3.05, 3.63) is 18.3 Å². The lowest BCUT2D eigenvalue weighted by atomic mass is 9.91. The van der Waals surface area contributed by atoms with E-state index in [9.17, 15) is 0 Å². The smallest absolute Gasteiger partial charge is 0.163 e. The van der Waals surface area contributed by atoms with Crippen LogP contribution in [0.4, 0.5) is 0 Å². The zero-order valence-corrected chi connectivity index (χ0v) is 9.94. The Morgan fingerprint density at radius 2 is 1.94 bits per heavy atom. The van der Waals surface area contributed by atoms with Crippen LogP contribution >= 0.6 is 0 Å². The maximum Gasteiger partial charge on any atom is 0.163 e. The van der Waals surface area contributed by atoms with Gasteiger partial charge in [-0.15, -0.1) is 0 Å². The molecule has 16 heavy (non-hydrogen) atoms. The Kier molecular flexibility index (Phi) is 1.85. The van der Waals surface area contributed by atoms with Crippen molar-refractivity contribution in [1.82, 2.24) is 19.5 Å².